The molecule has 15 heavy (non-hydrogen) atoms. The van der Waals surface area contributed by atoms with Gasteiger partial charge >= 0.3 is 0 Å². The van der Waals surface area contributed by atoms with Gasteiger partial charge in [0.1, 0.15) is 5.82 Å². The van der Waals surface area contributed by atoms with E-state index in [4.69, 9.17) is 0 Å². The van der Waals surface area contributed by atoms with E-state index in [9.17, 15) is 9.18 Å². The number of hydrogen-bond donors (Lipinski definition) is 0. The summed E-state index contributed by atoms with van der Waals surface area (Å²) in [6.07, 6.45) is 0.776. The Morgan fingerprint density at radius 2 is 2.07 bits per heavy atom. The third-order valence-corrected chi connectivity index (χ3v) is 2.85. The Kier molecular flexibility index (Phi) is 2.47. The van der Waals surface area contributed by atoms with Crippen LogP contribution >= 0.6 is 0 Å². The molecule has 0 heterocycles. The predicted molar refractivity (Wildman–Crippen MR) is 55.9 cm³/mol. The standard InChI is InChI=1S/C12H14FNO/c1-14(2)12(15)10-7-9(10)8-5-3-4-6-11(8)13/h3-6,9-10H,7H2,1-2H3. The number of rotatable bonds is 2. The maximum atomic E-state index is 13.4. The fourth-order valence-corrected chi connectivity index (χ4v) is 1.92. The second kappa shape index (κ2) is 3.65. The van der Waals surface area contributed by atoms with Crippen molar-refractivity contribution in [3.8, 4) is 0 Å². The van der Waals surface area contributed by atoms with Gasteiger partial charge in [-0.2, -0.15) is 0 Å². The molecule has 1 fully saturated rings. The number of nitrogens with zero attached hydrogens (tertiary/aromatic N) is 1. The lowest BCUT2D eigenvalue weighted by molar-refractivity contribution is -0.130. The summed E-state index contributed by atoms with van der Waals surface area (Å²) in [4.78, 5) is 13.2. The normalized spacial score (nSPS) is 23.7. The molecule has 0 aromatic heterocycles. The fraction of sp³-hybridized carbons (Fsp3) is 0.417. The van der Waals surface area contributed by atoms with Crippen molar-refractivity contribution in [3.63, 3.8) is 0 Å². The maximum absolute atomic E-state index is 13.4. The zero-order valence-electron chi connectivity index (χ0n) is 8.90. The molecular formula is C12H14FNO. The van der Waals surface area contributed by atoms with Crippen LogP contribution in [0.4, 0.5) is 4.39 Å². The summed E-state index contributed by atoms with van der Waals surface area (Å²) in [5, 5.41) is 0. The van der Waals surface area contributed by atoms with Gasteiger partial charge in [0.05, 0.1) is 0 Å². The van der Waals surface area contributed by atoms with E-state index in [1.165, 1.54) is 6.07 Å². The van der Waals surface area contributed by atoms with E-state index in [0.29, 0.717) is 5.56 Å². The molecule has 1 saturated carbocycles. The fourth-order valence-electron chi connectivity index (χ4n) is 1.92. The van der Waals surface area contributed by atoms with Crippen molar-refractivity contribution in [2.45, 2.75) is 12.3 Å². The molecule has 3 heteroatoms. The first-order valence-corrected chi connectivity index (χ1v) is 5.07. The summed E-state index contributed by atoms with van der Waals surface area (Å²) < 4.78 is 13.4. The molecule has 1 aliphatic rings. The van der Waals surface area contributed by atoms with Crippen LogP contribution < -0.4 is 0 Å². The molecule has 0 bridgehead atoms. The van der Waals surface area contributed by atoms with Gasteiger partial charge in [-0.15, -0.1) is 0 Å². The molecule has 2 nitrogen and oxygen atoms in total. The van der Waals surface area contributed by atoms with Crippen LogP contribution in [0, 0.1) is 11.7 Å². The topological polar surface area (TPSA) is 20.3 Å². The average molecular weight is 207 g/mol. The Balaban J connectivity index is 2.12. The van der Waals surface area contributed by atoms with Crippen molar-refractivity contribution < 1.29 is 9.18 Å². The van der Waals surface area contributed by atoms with Crippen LogP contribution in [0.25, 0.3) is 0 Å². The van der Waals surface area contributed by atoms with E-state index in [2.05, 4.69) is 0 Å². The van der Waals surface area contributed by atoms with Crippen LogP contribution in [0.15, 0.2) is 24.3 Å². The Morgan fingerprint density at radius 1 is 1.40 bits per heavy atom. The van der Waals surface area contributed by atoms with Gasteiger partial charge in [-0.1, -0.05) is 18.2 Å². The Bertz CT molecular complexity index is 389. The third kappa shape index (κ3) is 1.87. The number of benzene rings is 1. The first-order valence-electron chi connectivity index (χ1n) is 5.07. The number of halogens is 1. The van der Waals surface area contributed by atoms with Gasteiger partial charge < -0.3 is 4.90 Å². The molecule has 2 atom stereocenters. The van der Waals surface area contributed by atoms with Crippen LogP contribution in [0.5, 0.6) is 0 Å². The molecule has 80 valence electrons. The zero-order valence-corrected chi connectivity index (χ0v) is 8.90. The highest BCUT2D eigenvalue weighted by Crippen LogP contribution is 2.48. The summed E-state index contributed by atoms with van der Waals surface area (Å²) >= 11 is 0. The Morgan fingerprint density at radius 3 is 2.67 bits per heavy atom. The van der Waals surface area contributed by atoms with Crippen molar-refractivity contribution in [3.05, 3.63) is 35.6 Å². The van der Waals surface area contributed by atoms with E-state index in [-0.39, 0.29) is 23.6 Å². The van der Waals surface area contributed by atoms with Crippen molar-refractivity contribution in [1.82, 2.24) is 4.90 Å². The highest BCUT2D eigenvalue weighted by Gasteiger charge is 2.45. The summed E-state index contributed by atoms with van der Waals surface area (Å²) in [5.41, 5.74) is 0.678. The van der Waals surface area contributed by atoms with Gasteiger partial charge in [-0.3, -0.25) is 4.79 Å². The maximum Gasteiger partial charge on any atom is 0.225 e. The van der Waals surface area contributed by atoms with Crippen molar-refractivity contribution >= 4 is 5.91 Å². The SMILES string of the molecule is CN(C)C(=O)C1CC1c1ccccc1F. The van der Waals surface area contributed by atoms with Crippen molar-refractivity contribution in [1.29, 1.82) is 0 Å². The van der Waals surface area contributed by atoms with Crippen LogP contribution in [-0.2, 0) is 4.79 Å². The minimum absolute atomic E-state index is 0.0168. The van der Waals surface area contributed by atoms with Gasteiger partial charge in [0, 0.05) is 20.0 Å². The minimum Gasteiger partial charge on any atom is -0.349 e. The minimum atomic E-state index is -0.198. The molecule has 2 rings (SSSR count). The Labute approximate surface area is 88.7 Å². The van der Waals surface area contributed by atoms with Crippen LogP contribution in [-0.4, -0.2) is 24.9 Å². The largest absolute Gasteiger partial charge is 0.349 e. The zero-order chi connectivity index (χ0) is 11.0. The lowest BCUT2D eigenvalue weighted by Gasteiger charge is -2.09. The average Bonchev–Trinajstić information content (AvgIpc) is 2.97. The van der Waals surface area contributed by atoms with Crippen LogP contribution in [0.2, 0.25) is 0 Å². The van der Waals surface area contributed by atoms with E-state index in [0.717, 1.165) is 6.42 Å². The monoisotopic (exact) mass is 207 g/mol. The van der Waals surface area contributed by atoms with Crippen LogP contribution in [0.1, 0.15) is 17.9 Å². The lowest BCUT2D eigenvalue weighted by atomic mass is 10.1. The summed E-state index contributed by atoms with van der Waals surface area (Å²) in [6, 6.07) is 6.70. The molecule has 1 aliphatic carbocycles. The van der Waals surface area contributed by atoms with E-state index >= 15 is 0 Å². The smallest absolute Gasteiger partial charge is 0.225 e. The molecule has 0 N–H and O–H groups in total. The number of hydrogen-bond acceptors (Lipinski definition) is 1. The summed E-state index contributed by atoms with van der Waals surface area (Å²) in [5.74, 6) is -0.0298. The third-order valence-electron chi connectivity index (χ3n) is 2.85. The molecule has 0 aliphatic heterocycles. The molecule has 2 unspecified atom stereocenters. The number of amides is 1. The number of carbonyl (C=O) groups is 1. The van der Waals surface area contributed by atoms with Gasteiger partial charge in [0.25, 0.3) is 0 Å². The highest BCUT2D eigenvalue weighted by molar-refractivity contribution is 5.82. The first-order chi connectivity index (χ1) is 7.11. The molecule has 1 aromatic rings. The van der Waals surface area contributed by atoms with Gasteiger partial charge in [0.2, 0.25) is 5.91 Å². The highest BCUT2D eigenvalue weighted by atomic mass is 19.1. The van der Waals surface area contributed by atoms with Crippen molar-refractivity contribution in [2.75, 3.05) is 14.1 Å². The molecular weight excluding hydrogens is 193 g/mol. The van der Waals surface area contributed by atoms with E-state index in [1.54, 1.807) is 31.1 Å². The molecule has 1 aromatic carbocycles. The van der Waals surface area contributed by atoms with Gasteiger partial charge in [0.15, 0.2) is 0 Å². The molecule has 0 radical (unpaired) electrons. The van der Waals surface area contributed by atoms with Gasteiger partial charge in [-0.25, -0.2) is 4.39 Å². The molecule has 0 saturated heterocycles. The summed E-state index contributed by atoms with van der Waals surface area (Å²) in [6.45, 7) is 0. The second-order valence-corrected chi connectivity index (χ2v) is 4.20. The Hall–Kier alpha value is -1.38. The van der Waals surface area contributed by atoms with Gasteiger partial charge in [-0.05, 0) is 24.0 Å². The predicted octanol–water partition coefficient (Wildman–Crippen LogP) is 2.02. The quantitative estimate of drug-likeness (QED) is 0.726. The molecule has 1 amide bonds. The molecule has 0 spiro atoms. The second-order valence-electron chi connectivity index (χ2n) is 4.20. The lowest BCUT2D eigenvalue weighted by Crippen LogP contribution is -2.23. The van der Waals surface area contributed by atoms with Crippen molar-refractivity contribution in [2.24, 2.45) is 5.92 Å². The first kappa shape index (κ1) is 10.1. The van der Waals surface area contributed by atoms with Crippen LogP contribution in [0.3, 0.4) is 0 Å². The van der Waals surface area contributed by atoms with E-state index in [1.807, 2.05) is 6.07 Å². The van der Waals surface area contributed by atoms with E-state index < -0.39 is 0 Å². The number of carbonyl (C=O) groups excluding carboxylic acids is 1. The summed E-state index contributed by atoms with van der Waals surface area (Å²) in [7, 11) is 3.47.